The molecule has 3 rings (SSSR count). The molecule has 1 heterocycles. The van der Waals surface area contributed by atoms with E-state index >= 15 is 0 Å². The fraction of sp³-hybridized carbons (Fsp3) is 0.467. The Morgan fingerprint density at radius 3 is 3.00 bits per heavy atom. The van der Waals surface area contributed by atoms with Crippen molar-refractivity contribution in [2.24, 2.45) is 0 Å². The molecule has 2 unspecified atom stereocenters. The molecule has 1 aromatic carbocycles. The van der Waals surface area contributed by atoms with Crippen LogP contribution in [0.15, 0.2) is 24.3 Å². The lowest BCUT2D eigenvalue weighted by atomic mass is 9.77. The first kappa shape index (κ1) is 13.7. The van der Waals surface area contributed by atoms with Gasteiger partial charge in [-0.1, -0.05) is 37.6 Å². The summed E-state index contributed by atoms with van der Waals surface area (Å²) in [5.74, 6) is 0.154. The van der Waals surface area contributed by atoms with Crippen LogP contribution in [0.3, 0.4) is 0 Å². The molecular weight excluding hydrogens is 268 g/mol. The number of rotatable bonds is 6. The lowest BCUT2D eigenvalue weighted by Gasteiger charge is -2.30. The number of fused-ring (bicyclic) bond motifs is 1. The predicted octanol–water partition coefficient (Wildman–Crippen LogP) is 2.18. The number of aliphatic carboxylic acids is 1. The van der Waals surface area contributed by atoms with Gasteiger partial charge in [-0.25, -0.2) is 4.68 Å². The van der Waals surface area contributed by atoms with Gasteiger partial charge in [-0.05, 0) is 34.4 Å². The van der Waals surface area contributed by atoms with Crippen molar-refractivity contribution in [2.45, 2.75) is 44.6 Å². The number of hydrogen-bond donors (Lipinski definition) is 1. The zero-order chi connectivity index (χ0) is 14.8. The second-order valence-corrected chi connectivity index (χ2v) is 5.48. The number of nitrogens with zero attached hydrogens (tertiary/aromatic N) is 4. The van der Waals surface area contributed by atoms with Crippen molar-refractivity contribution in [3.63, 3.8) is 0 Å². The maximum atomic E-state index is 11.1. The van der Waals surface area contributed by atoms with Crippen molar-refractivity contribution < 1.29 is 9.90 Å². The van der Waals surface area contributed by atoms with Gasteiger partial charge < -0.3 is 5.11 Å². The van der Waals surface area contributed by atoms with Gasteiger partial charge in [0.2, 0.25) is 0 Å². The average molecular weight is 286 g/mol. The highest BCUT2D eigenvalue weighted by atomic mass is 16.4. The van der Waals surface area contributed by atoms with E-state index in [2.05, 4.69) is 27.7 Å². The molecule has 2 atom stereocenters. The fourth-order valence-electron chi connectivity index (χ4n) is 3.02. The van der Waals surface area contributed by atoms with Gasteiger partial charge in [-0.3, -0.25) is 4.79 Å². The number of carbonyl (C=O) groups is 1. The highest BCUT2D eigenvalue weighted by Gasteiger charge is 2.33. The molecule has 6 nitrogen and oxygen atoms in total. The van der Waals surface area contributed by atoms with Crippen LogP contribution in [-0.2, 0) is 11.2 Å². The number of tetrazole rings is 1. The quantitative estimate of drug-likeness (QED) is 0.880. The summed E-state index contributed by atoms with van der Waals surface area (Å²) >= 11 is 0. The van der Waals surface area contributed by atoms with Crippen LogP contribution in [0.4, 0.5) is 0 Å². The summed E-state index contributed by atoms with van der Waals surface area (Å²) < 4.78 is 1.72. The molecule has 1 aromatic heterocycles. The molecule has 6 heteroatoms. The van der Waals surface area contributed by atoms with Crippen molar-refractivity contribution in [3.8, 4) is 0 Å². The number of hydrogen-bond acceptors (Lipinski definition) is 4. The molecule has 0 aliphatic heterocycles. The normalized spacial score (nSPS) is 17.9. The highest BCUT2D eigenvalue weighted by molar-refractivity contribution is 5.67. The minimum atomic E-state index is -0.816. The Hall–Kier alpha value is -2.24. The molecule has 21 heavy (non-hydrogen) atoms. The van der Waals surface area contributed by atoms with Crippen molar-refractivity contribution in [1.82, 2.24) is 20.2 Å². The summed E-state index contributed by atoms with van der Waals surface area (Å²) in [6.45, 7) is 2.04. The molecule has 0 bridgehead atoms. The van der Waals surface area contributed by atoms with E-state index in [1.54, 1.807) is 4.68 Å². The summed E-state index contributed by atoms with van der Waals surface area (Å²) in [5.41, 5.74) is 2.57. The summed E-state index contributed by atoms with van der Waals surface area (Å²) in [6.07, 6.45) is 2.64. The standard InChI is InChI=1S/C15H18N4O2/c1-2-5-11(9-14(20)21)19-15(16-17-18-19)13-8-10-6-3-4-7-12(10)13/h3-4,6-7,11,13H,2,5,8-9H2,1H3,(H,20,21). The van der Waals surface area contributed by atoms with Gasteiger partial charge in [0.15, 0.2) is 5.82 Å². The van der Waals surface area contributed by atoms with Gasteiger partial charge in [0.25, 0.3) is 0 Å². The molecular formula is C15H18N4O2. The molecule has 110 valence electrons. The monoisotopic (exact) mass is 286 g/mol. The van der Waals surface area contributed by atoms with E-state index in [0.717, 1.165) is 25.1 Å². The third-order valence-corrected chi connectivity index (χ3v) is 4.06. The van der Waals surface area contributed by atoms with E-state index in [1.165, 1.54) is 11.1 Å². The minimum Gasteiger partial charge on any atom is -0.481 e. The van der Waals surface area contributed by atoms with Gasteiger partial charge in [-0.2, -0.15) is 0 Å². The van der Waals surface area contributed by atoms with Gasteiger partial charge in [0.1, 0.15) is 0 Å². The second kappa shape index (κ2) is 5.63. The number of aromatic nitrogens is 4. The van der Waals surface area contributed by atoms with Crippen molar-refractivity contribution in [2.75, 3.05) is 0 Å². The SMILES string of the molecule is CCCC(CC(=O)O)n1nnnc1C1Cc2ccccc21. The third kappa shape index (κ3) is 2.53. The Balaban J connectivity index is 1.89. The second-order valence-electron chi connectivity index (χ2n) is 5.48. The molecule has 0 fully saturated rings. The maximum Gasteiger partial charge on any atom is 0.305 e. The molecule has 1 aliphatic carbocycles. The zero-order valence-electron chi connectivity index (χ0n) is 11.9. The molecule has 0 spiro atoms. The largest absolute Gasteiger partial charge is 0.481 e. The first-order valence-electron chi connectivity index (χ1n) is 7.28. The van der Waals surface area contributed by atoms with Crippen LogP contribution in [0.5, 0.6) is 0 Å². The first-order valence-corrected chi connectivity index (χ1v) is 7.28. The van der Waals surface area contributed by atoms with Crippen molar-refractivity contribution in [1.29, 1.82) is 0 Å². The molecule has 2 aromatic rings. The summed E-state index contributed by atoms with van der Waals surface area (Å²) in [7, 11) is 0. The van der Waals surface area contributed by atoms with Gasteiger partial charge >= 0.3 is 5.97 Å². The van der Waals surface area contributed by atoms with E-state index in [9.17, 15) is 4.79 Å². The van der Waals surface area contributed by atoms with Crippen LogP contribution in [0.25, 0.3) is 0 Å². The molecule has 0 amide bonds. The predicted molar refractivity (Wildman–Crippen MR) is 76.0 cm³/mol. The first-order chi connectivity index (χ1) is 10.2. The Morgan fingerprint density at radius 2 is 2.29 bits per heavy atom. The lowest BCUT2D eigenvalue weighted by Crippen LogP contribution is -2.25. The van der Waals surface area contributed by atoms with Gasteiger partial charge in [0.05, 0.1) is 18.4 Å². The summed E-state index contributed by atoms with van der Waals surface area (Å²) in [5, 5.41) is 21.1. The van der Waals surface area contributed by atoms with Crippen molar-refractivity contribution >= 4 is 5.97 Å². The molecule has 1 N–H and O–H groups in total. The molecule has 1 aliphatic rings. The summed E-state index contributed by atoms with van der Waals surface area (Å²) in [6, 6.07) is 8.07. The Labute approximate surface area is 122 Å². The van der Waals surface area contributed by atoms with E-state index in [4.69, 9.17) is 5.11 Å². The minimum absolute atomic E-state index is 0.0558. The van der Waals surface area contributed by atoms with Crippen LogP contribution in [0, 0.1) is 0 Å². The van der Waals surface area contributed by atoms with Crippen LogP contribution in [0.2, 0.25) is 0 Å². The van der Waals surface area contributed by atoms with Crippen LogP contribution >= 0.6 is 0 Å². The number of carboxylic acid groups (broad SMARTS) is 1. The van der Waals surface area contributed by atoms with E-state index in [-0.39, 0.29) is 18.4 Å². The molecule has 0 saturated carbocycles. The Bertz CT molecular complexity index is 653. The van der Waals surface area contributed by atoms with E-state index in [0.29, 0.717) is 0 Å². The third-order valence-electron chi connectivity index (χ3n) is 4.06. The van der Waals surface area contributed by atoms with Crippen molar-refractivity contribution in [3.05, 3.63) is 41.2 Å². The number of benzene rings is 1. The highest BCUT2D eigenvalue weighted by Crippen LogP contribution is 2.39. The van der Waals surface area contributed by atoms with E-state index in [1.807, 2.05) is 19.1 Å². The number of carboxylic acids is 1. The topological polar surface area (TPSA) is 80.9 Å². The average Bonchev–Trinajstić information content (AvgIpc) is 2.88. The molecule has 0 radical (unpaired) electrons. The fourth-order valence-corrected chi connectivity index (χ4v) is 3.02. The lowest BCUT2D eigenvalue weighted by molar-refractivity contribution is -0.138. The van der Waals surface area contributed by atoms with Crippen LogP contribution < -0.4 is 0 Å². The van der Waals surface area contributed by atoms with Gasteiger partial charge in [-0.15, -0.1) is 5.10 Å². The van der Waals surface area contributed by atoms with Crippen LogP contribution in [0.1, 0.15) is 55.1 Å². The van der Waals surface area contributed by atoms with Gasteiger partial charge in [0, 0.05) is 0 Å². The smallest absolute Gasteiger partial charge is 0.305 e. The van der Waals surface area contributed by atoms with Crippen LogP contribution in [-0.4, -0.2) is 31.3 Å². The summed E-state index contributed by atoms with van der Waals surface area (Å²) in [4.78, 5) is 11.1. The Kier molecular flexibility index (Phi) is 3.68. The van der Waals surface area contributed by atoms with E-state index < -0.39 is 5.97 Å². The maximum absolute atomic E-state index is 11.1. The Morgan fingerprint density at radius 1 is 1.48 bits per heavy atom. The zero-order valence-corrected chi connectivity index (χ0v) is 11.9. The molecule has 0 saturated heterocycles.